The predicted molar refractivity (Wildman–Crippen MR) is 61.2 cm³/mol. The van der Waals surface area contributed by atoms with Gasteiger partial charge in [-0.3, -0.25) is 0 Å². The van der Waals surface area contributed by atoms with Crippen LogP contribution in [0.1, 0.15) is 30.4 Å². The number of furan rings is 1. The molecule has 3 nitrogen and oxygen atoms in total. The number of nitrogens with two attached hydrogens (primary N) is 1. The van der Waals surface area contributed by atoms with E-state index in [4.69, 9.17) is 14.9 Å². The first-order valence-corrected chi connectivity index (χ1v) is 5.17. The van der Waals surface area contributed by atoms with Crippen molar-refractivity contribution < 1.29 is 9.15 Å². The van der Waals surface area contributed by atoms with Crippen LogP contribution in [0.4, 0.5) is 0 Å². The van der Waals surface area contributed by atoms with Crippen LogP contribution >= 0.6 is 12.4 Å². The molecule has 2 N–H and O–H groups in total. The van der Waals surface area contributed by atoms with Crippen LogP contribution in [-0.2, 0) is 4.74 Å². The molecule has 15 heavy (non-hydrogen) atoms. The first-order valence-electron chi connectivity index (χ1n) is 5.17. The Bertz CT molecular complexity index is 295. The summed E-state index contributed by atoms with van der Waals surface area (Å²) in [6, 6.07) is 3.98. The molecule has 4 heteroatoms. The number of rotatable bonds is 2. The normalized spacial score (nSPS) is 19.6. The first kappa shape index (κ1) is 12.6. The molecule has 1 atom stereocenters. The summed E-state index contributed by atoms with van der Waals surface area (Å²) < 4.78 is 10.8. The van der Waals surface area contributed by atoms with E-state index >= 15 is 0 Å². The van der Waals surface area contributed by atoms with Gasteiger partial charge in [-0.2, -0.15) is 0 Å². The molecule has 1 aliphatic heterocycles. The Morgan fingerprint density at radius 1 is 1.33 bits per heavy atom. The van der Waals surface area contributed by atoms with E-state index in [9.17, 15) is 0 Å². The highest BCUT2D eigenvalue weighted by molar-refractivity contribution is 5.85. The molecule has 1 aliphatic rings. The molecule has 1 fully saturated rings. The highest BCUT2D eigenvalue weighted by Gasteiger charge is 2.24. The number of aryl methyl sites for hydroxylation is 1. The van der Waals surface area contributed by atoms with Gasteiger partial charge < -0.3 is 14.9 Å². The number of hydrogen-bond acceptors (Lipinski definition) is 3. The van der Waals surface area contributed by atoms with Gasteiger partial charge in [-0.1, -0.05) is 0 Å². The van der Waals surface area contributed by atoms with Crippen molar-refractivity contribution in [2.45, 2.75) is 25.8 Å². The molecule has 2 rings (SSSR count). The van der Waals surface area contributed by atoms with Gasteiger partial charge in [0, 0.05) is 13.2 Å². The monoisotopic (exact) mass is 231 g/mol. The van der Waals surface area contributed by atoms with Gasteiger partial charge in [0.1, 0.15) is 11.5 Å². The van der Waals surface area contributed by atoms with Crippen molar-refractivity contribution >= 4 is 12.4 Å². The van der Waals surface area contributed by atoms with Crippen LogP contribution in [0, 0.1) is 12.8 Å². The van der Waals surface area contributed by atoms with Gasteiger partial charge >= 0.3 is 0 Å². The molecule has 0 aromatic carbocycles. The maximum absolute atomic E-state index is 6.13. The van der Waals surface area contributed by atoms with Crippen LogP contribution in [0.15, 0.2) is 16.5 Å². The minimum atomic E-state index is 0. The van der Waals surface area contributed by atoms with Crippen molar-refractivity contribution in [2.75, 3.05) is 13.2 Å². The molecule has 2 heterocycles. The molecule has 0 aliphatic carbocycles. The van der Waals surface area contributed by atoms with E-state index in [1.54, 1.807) is 0 Å². The molecule has 0 spiro atoms. The fourth-order valence-electron chi connectivity index (χ4n) is 1.94. The summed E-state index contributed by atoms with van der Waals surface area (Å²) in [5.41, 5.74) is 6.13. The molecule has 1 aromatic heterocycles. The Morgan fingerprint density at radius 2 is 2.00 bits per heavy atom. The molecule has 0 amide bonds. The van der Waals surface area contributed by atoms with E-state index in [1.165, 1.54) is 0 Å². The summed E-state index contributed by atoms with van der Waals surface area (Å²) in [5, 5.41) is 0. The largest absolute Gasteiger partial charge is 0.465 e. The third-order valence-electron chi connectivity index (χ3n) is 2.86. The van der Waals surface area contributed by atoms with Crippen molar-refractivity contribution in [1.29, 1.82) is 0 Å². The maximum atomic E-state index is 6.13. The summed E-state index contributed by atoms with van der Waals surface area (Å²) in [5.74, 6) is 2.35. The molecular formula is C11H18ClNO2. The molecule has 86 valence electrons. The average Bonchev–Trinajstić information content (AvgIpc) is 2.65. The van der Waals surface area contributed by atoms with Gasteiger partial charge in [0.05, 0.1) is 6.04 Å². The summed E-state index contributed by atoms with van der Waals surface area (Å²) in [7, 11) is 0. The van der Waals surface area contributed by atoms with E-state index in [0.29, 0.717) is 5.92 Å². The van der Waals surface area contributed by atoms with E-state index in [0.717, 1.165) is 37.6 Å². The third kappa shape index (κ3) is 2.97. The number of halogens is 1. The van der Waals surface area contributed by atoms with Gasteiger partial charge in [0.25, 0.3) is 0 Å². The quantitative estimate of drug-likeness (QED) is 0.851. The van der Waals surface area contributed by atoms with Gasteiger partial charge in [-0.25, -0.2) is 0 Å². The summed E-state index contributed by atoms with van der Waals surface area (Å²) in [4.78, 5) is 0. The SMILES string of the molecule is Cc1ccc(C(N)C2CCOCC2)o1.Cl. The van der Waals surface area contributed by atoms with E-state index in [1.807, 2.05) is 19.1 Å². The lowest BCUT2D eigenvalue weighted by Crippen LogP contribution is -2.27. The lowest BCUT2D eigenvalue weighted by atomic mass is 9.91. The topological polar surface area (TPSA) is 48.4 Å². The average molecular weight is 232 g/mol. The second-order valence-electron chi connectivity index (χ2n) is 3.92. The van der Waals surface area contributed by atoms with E-state index < -0.39 is 0 Å². The maximum Gasteiger partial charge on any atom is 0.121 e. The lowest BCUT2D eigenvalue weighted by molar-refractivity contribution is 0.0559. The van der Waals surface area contributed by atoms with Crippen molar-refractivity contribution in [3.8, 4) is 0 Å². The van der Waals surface area contributed by atoms with Crippen molar-refractivity contribution in [1.82, 2.24) is 0 Å². The molecule has 1 aromatic rings. The fraction of sp³-hybridized carbons (Fsp3) is 0.636. The Labute approximate surface area is 96.4 Å². The highest BCUT2D eigenvalue weighted by atomic mass is 35.5. The zero-order valence-electron chi connectivity index (χ0n) is 8.94. The molecule has 1 unspecified atom stereocenters. The van der Waals surface area contributed by atoms with Crippen molar-refractivity contribution in [2.24, 2.45) is 11.7 Å². The smallest absolute Gasteiger partial charge is 0.121 e. The predicted octanol–water partition coefficient (Wildman–Crippen LogP) is 2.44. The minimum Gasteiger partial charge on any atom is -0.465 e. The molecule has 0 bridgehead atoms. The second kappa shape index (κ2) is 5.54. The molecule has 0 saturated carbocycles. The third-order valence-corrected chi connectivity index (χ3v) is 2.86. The standard InChI is InChI=1S/C11H17NO2.ClH/c1-8-2-3-10(14-8)11(12)9-4-6-13-7-5-9;/h2-3,9,11H,4-7,12H2,1H3;1H. The molecular weight excluding hydrogens is 214 g/mol. The van der Waals surface area contributed by atoms with Crippen LogP contribution in [0.5, 0.6) is 0 Å². The number of hydrogen-bond donors (Lipinski definition) is 1. The Kier molecular flexibility index (Phi) is 4.64. The number of ether oxygens (including phenoxy) is 1. The zero-order chi connectivity index (χ0) is 9.97. The Morgan fingerprint density at radius 3 is 2.53 bits per heavy atom. The van der Waals surface area contributed by atoms with Crippen LogP contribution < -0.4 is 5.73 Å². The van der Waals surface area contributed by atoms with Gasteiger partial charge in [-0.15, -0.1) is 12.4 Å². The second-order valence-corrected chi connectivity index (χ2v) is 3.92. The highest BCUT2D eigenvalue weighted by Crippen LogP contribution is 2.28. The van der Waals surface area contributed by atoms with Crippen LogP contribution in [0.2, 0.25) is 0 Å². The van der Waals surface area contributed by atoms with Gasteiger partial charge in [-0.05, 0) is 37.8 Å². The van der Waals surface area contributed by atoms with Crippen LogP contribution in [0.3, 0.4) is 0 Å². The summed E-state index contributed by atoms with van der Waals surface area (Å²) >= 11 is 0. The fourth-order valence-corrected chi connectivity index (χ4v) is 1.94. The lowest BCUT2D eigenvalue weighted by Gasteiger charge is -2.26. The Hall–Kier alpha value is -0.510. The van der Waals surface area contributed by atoms with Crippen molar-refractivity contribution in [3.63, 3.8) is 0 Å². The minimum absolute atomic E-state index is 0. The first-order chi connectivity index (χ1) is 6.77. The van der Waals surface area contributed by atoms with Crippen LogP contribution in [0.25, 0.3) is 0 Å². The van der Waals surface area contributed by atoms with Gasteiger partial charge in [0.2, 0.25) is 0 Å². The summed E-state index contributed by atoms with van der Waals surface area (Å²) in [6.07, 6.45) is 2.09. The van der Waals surface area contributed by atoms with Crippen LogP contribution in [-0.4, -0.2) is 13.2 Å². The summed E-state index contributed by atoms with van der Waals surface area (Å²) in [6.45, 7) is 3.61. The van der Waals surface area contributed by atoms with Crippen molar-refractivity contribution in [3.05, 3.63) is 23.7 Å². The van der Waals surface area contributed by atoms with E-state index in [2.05, 4.69) is 0 Å². The van der Waals surface area contributed by atoms with E-state index in [-0.39, 0.29) is 18.4 Å². The molecule has 0 radical (unpaired) electrons. The van der Waals surface area contributed by atoms with Gasteiger partial charge in [0.15, 0.2) is 0 Å². The molecule has 1 saturated heterocycles. The Balaban J connectivity index is 0.00000112. The zero-order valence-corrected chi connectivity index (χ0v) is 9.76.